The number of nitrogens with zero attached hydrogens (tertiary/aromatic N) is 1. The van der Waals surface area contributed by atoms with Crippen molar-refractivity contribution in [1.82, 2.24) is 4.90 Å². The average Bonchev–Trinajstić information content (AvgIpc) is 2.68. The van der Waals surface area contributed by atoms with Crippen molar-refractivity contribution < 1.29 is 9.52 Å². The predicted octanol–water partition coefficient (Wildman–Crippen LogP) is 2.06. The van der Waals surface area contributed by atoms with Gasteiger partial charge in [-0.2, -0.15) is 0 Å². The molecule has 1 aromatic rings. The molecule has 0 bridgehead atoms. The molecule has 3 nitrogen and oxygen atoms in total. The van der Waals surface area contributed by atoms with Crippen LogP contribution in [0.1, 0.15) is 31.7 Å². The molecule has 90 valence electrons. The van der Waals surface area contributed by atoms with Gasteiger partial charge in [-0.15, -0.1) is 0 Å². The first-order chi connectivity index (χ1) is 7.72. The van der Waals surface area contributed by atoms with E-state index >= 15 is 0 Å². The molecule has 1 saturated heterocycles. The van der Waals surface area contributed by atoms with E-state index in [4.69, 9.17) is 4.42 Å². The van der Waals surface area contributed by atoms with Crippen molar-refractivity contribution in [3.05, 3.63) is 24.2 Å². The van der Waals surface area contributed by atoms with Crippen molar-refractivity contribution in [2.24, 2.45) is 0 Å². The average molecular weight is 223 g/mol. The zero-order chi connectivity index (χ0) is 11.4. The minimum atomic E-state index is -0.534. The Morgan fingerprint density at radius 3 is 3.00 bits per heavy atom. The first-order valence-electron chi connectivity index (χ1n) is 6.18. The van der Waals surface area contributed by atoms with E-state index in [1.54, 1.807) is 12.5 Å². The molecule has 1 fully saturated rings. The molecule has 0 saturated carbocycles. The van der Waals surface area contributed by atoms with Crippen LogP contribution in [-0.2, 0) is 6.42 Å². The number of rotatable bonds is 3. The summed E-state index contributed by atoms with van der Waals surface area (Å²) in [6.45, 7) is 5.39. The lowest BCUT2D eigenvalue weighted by molar-refractivity contribution is 0.0257. The molecular formula is C13H21NO2. The lowest BCUT2D eigenvalue weighted by atomic mass is 9.89. The fraction of sp³-hybridized carbons (Fsp3) is 0.692. The second-order valence-corrected chi connectivity index (χ2v) is 4.82. The van der Waals surface area contributed by atoms with E-state index in [0.717, 1.165) is 50.9 Å². The van der Waals surface area contributed by atoms with E-state index in [1.807, 2.05) is 6.07 Å². The maximum Gasteiger partial charge on any atom is 0.0935 e. The number of likely N-dealkylation sites (tertiary alicyclic amines) is 1. The highest BCUT2D eigenvalue weighted by Gasteiger charge is 2.30. The minimum absolute atomic E-state index is 0.534. The molecule has 0 aliphatic carbocycles. The van der Waals surface area contributed by atoms with Crippen LogP contribution in [0.5, 0.6) is 0 Å². The van der Waals surface area contributed by atoms with E-state index in [2.05, 4.69) is 11.8 Å². The summed E-state index contributed by atoms with van der Waals surface area (Å²) in [7, 11) is 0. The summed E-state index contributed by atoms with van der Waals surface area (Å²) in [5, 5.41) is 10.6. The van der Waals surface area contributed by atoms with Crippen LogP contribution < -0.4 is 0 Å². The van der Waals surface area contributed by atoms with Crippen molar-refractivity contribution in [3.63, 3.8) is 0 Å². The maximum absolute atomic E-state index is 10.6. The number of hydrogen-bond donors (Lipinski definition) is 1. The molecule has 1 atom stereocenters. The van der Waals surface area contributed by atoms with Crippen LogP contribution in [0.3, 0.4) is 0 Å². The van der Waals surface area contributed by atoms with Gasteiger partial charge in [0.2, 0.25) is 0 Å². The van der Waals surface area contributed by atoms with Gasteiger partial charge < -0.3 is 14.4 Å². The maximum atomic E-state index is 10.6. The van der Waals surface area contributed by atoms with Crippen molar-refractivity contribution in [2.75, 3.05) is 19.6 Å². The topological polar surface area (TPSA) is 36.6 Å². The van der Waals surface area contributed by atoms with Gasteiger partial charge in [-0.1, -0.05) is 6.92 Å². The number of furan rings is 1. The van der Waals surface area contributed by atoms with E-state index in [0.29, 0.717) is 0 Å². The highest BCUT2D eigenvalue weighted by molar-refractivity contribution is 5.09. The lowest BCUT2D eigenvalue weighted by Crippen LogP contribution is -2.33. The summed E-state index contributed by atoms with van der Waals surface area (Å²) in [5.74, 6) is 0. The summed E-state index contributed by atoms with van der Waals surface area (Å²) in [6, 6.07) is 1.94. The second kappa shape index (κ2) is 5.02. The smallest absolute Gasteiger partial charge is 0.0935 e. The molecule has 0 amide bonds. The Morgan fingerprint density at radius 2 is 2.31 bits per heavy atom. The highest BCUT2D eigenvalue weighted by atomic mass is 16.3. The van der Waals surface area contributed by atoms with Crippen LogP contribution in [0.4, 0.5) is 0 Å². The fourth-order valence-corrected chi connectivity index (χ4v) is 2.50. The molecule has 1 N–H and O–H groups in total. The Hall–Kier alpha value is -0.800. The molecule has 0 aromatic carbocycles. The molecular weight excluding hydrogens is 202 g/mol. The second-order valence-electron chi connectivity index (χ2n) is 4.82. The Bertz CT molecular complexity index is 310. The molecule has 1 aliphatic rings. The van der Waals surface area contributed by atoms with Gasteiger partial charge in [0, 0.05) is 13.0 Å². The Balaban J connectivity index is 1.96. The van der Waals surface area contributed by atoms with Crippen molar-refractivity contribution in [2.45, 2.75) is 38.2 Å². The van der Waals surface area contributed by atoms with E-state index in [1.165, 1.54) is 0 Å². The third kappa shape index (κ3) is 2.86. The highest BCUT2D eigenvalue weighted by Crippen LogP contribution is 2.26. The molecule has 2 heterocycles. The largest absolute Gasteiger partial charge is 0.472 e. The molecule has 0 radical (unpaired) electrons. The SMILES string of the molecule is CCN1CCCC(O)(Cc2ccoc2)CC1. The van der Waals surface area contributed by atoms with Crippen LogP contribution in [-0.4, -0.2) is 35.2 Å². The summed E-state index contributed by atoms with van der Waals surface area (Å²) in [4.78, 5) is 2.41. The molecule has 16 heavy (non-hydrogen) atoms. The predicted molar refractivity (Wildman–Crippen MR) is 63.3 cm³/mol. The summed E-state index contributed by atoms with van der Waals surface area (Å²) < 4.78 is 5.05. The number of hydrogen-bond acceptors (Lipinski definition) is 3. The van der Waals surface area contributed by atoms with Crippen LogP contribution in [0.25, 0.3) is 0 Å². The van der Waals surface area contributed by atoms with Crippen LogP contribution in [0.15, 0.2) is 23.0 Å². The molecule has 3 heteroatoms. The van der Waals surface area contributed by atoms with Crippen LogP contribution >= 0.6 is 0 Å². The van der Waals surface area contributed by atoms with E-state index in [9.17, 15) is 5.11 Å². The van der Waals surface area contributed by atoms with Crippen molar-refractivity contribution >= 4 is 0 Å². The van der Waals surface area contributed by atoms with Gasteiger partial charge in [0.1, 0.15) is 0 Å². The summed E-state index contributed by atoms with van der Waals surface area (Å²) >= 11 is 0. The van der Waals surface area contributed by atoms with Crippen LogP contribution in [0, 0.1) is 0 Å². The molecule has 1 unspecified atom stereocenters. The van der Waals surface area contributed by atoms with E-state index in [-0.39, 0.29) is 0 Å². The third-order valence-electron chi connectivity index (χ3n) is 3.57. The summed E-state index contributed by atoms with van der Waals surface area (Å²) in [5.41, 5.74) is 0.570. The van der Waals surface area contributed by atoms with Gasteiger partial charge in [0.25, 0.3) is 0 Å². The summed E-state index contributed by atoms with van der Waals surface area (Å²) in [6.07, 6.45) is 6.98. The first-order valence-corrected chi connectivity index (χ1v) is 6.18. The van der Waals surface area contributed by atoms with Gasteiger partial charge in [-0.3, -0.25) is 0 Å². The van der Waals surface area contributed by atoms with Gasteiger partial charge in [-0.25, -0.2) is 0 Å². The first kappa shape index (κ1) is 11.7. The van der Waals surface area contributed by atoms with Gasteiger partial charge in [0.15, 0.2) is 0 Å². The Morgan fingerprint density at radius 1 is 1.44 bits per heavy atom. The Kier molecular flexibility index (Phi) is 3.66. The zero-order valence-electron chi connectivity index (χ0n) is 9.98. The minimum Gasteiger partial charge on any atom is -0.472 e. The standard InChI is InChI=1S/C13H21NO2/c1-2-14-7-3-5-13(15,6-8-14)10-12-4-9-16-11-12/h4,9,11,15H,2-3,5-8,10H2,1H3. The zero-order valence-corrected chi connectivity index (χ0v) is 9.98. The van der Waals surface area contributed by atoms with Crippen LogP contribution in [0.2, 0.25) is 0 Å². The normalized spacial score (nSPS) is 27.9. The Labute approximate surface area is 97.1 Å². The molecule has 1 aromatic heterocycles. The van der Waals surface area contributed by atoms with Crippen molar-refractivity contribution in [3.8, 4) is 0 Å². The van der Waals surface area contributed by atoms with E-state index < -0.39 is 5.60 Å². The molecule has 1 aliphatic heterocycles. The van der Waals surface area contributed by atoms with Crippen molar-refractivity contribution in [1.29, 1.82) is 0 Å². The monoisotopic (exact) mass is 223 g/mol. The quantitative estimate of drug-likeness (QED) is 0.852. The van der Waals surface area contributed by atoms with Gasteiger partial charge >= 0.3 is 0 Å². The lowest BCUT2D eigenvalue weighted by Gasteiger charge is -2.26. The third-order valence-corrected chi connectivity index (χ3v) is 3.57. The van der Waals surface area contributed by atoms with Gasteiger partial charge in [-0.05, 0) is 44.0 Å². The fourth-order valence-electron chi connectivity index (χ4n) is 2.50. The molecule has 0 spiro atoms. The molecule has 2 rings (SSSR count). The van der Waals surface area contributed by atoms with Gasteiger partial charge in [0.05, 0.1) is 18.1 Å². The number of aliphatic hydroxyl groups is 1.